The van der Waals surface area contributed by atoms with Crippen molar-refractivity contribution in [2.75, 3.05) is 0 Å². The molecule has 17 heavy (non-hydrogen) atoms. The van der Waals surface area contributed by atoms with Gasteiger partial charge in [-0.25, -0.2) is 0 Å². The van der Waals surface area contributed by atoms with Gasteiger partial charge in [-0.05, 0) is 18.9 Å². The van der Waals surface area contributed by atoms with Crippen LogP contribution in [0.25, 0.3) is 0 Å². The molecule has 1 amide bonds. The Hall–Kier alpha value is -1.07. The highest BCUT2D eigenvalue weighted by Gasteiger charge is 2.23. The number of carbonyl (C=O) groups excluding carboxylic acids is 1. The third-order valence-electron chi connectivity index (χ3n) is 3.03. The van der Waals surface area contributed by atoms with Crippen LogP contribution in [0.4, 0.5) is 0 Å². The molecular weight excluding hydrogens is 240 g/mol. The topological polar surface area (TPSA) is 72.9 Å². The lowest BCUT2D eigenvalue weighted by atomic mass is 9.91. The molecule has 1 heterocycles. The van der Waals surface area contributed by atoms with Crippen molar-refractivity contribution in [3.8, 4) is 0 Å². The molecule has 0 aromatic carbocycles. The van der Waals surface area contributed by atoms with E-state index in [1.54, 1.807) is 23.1 Å². The molecule has 5 nitrogen and oxygen atoms in total. The fourth-order valence-corrected chi connectivity index (χ4v) is 2.13. The van der Waals surface area contributed by atoms with Gasteiger partial charge in [0, 0.05) is 24.5 Å². The zero-order valence-corrected chi connectivity index (χ0v) is 10.5. The first-order valence-corrected chi connectivity index (χ1v) is 5.78. The molecule has 0 bridgehead atoms. The van der Waals surface area contributed by atoms with Gasteiger partial charge in [0.15, 0.2) is 0 Å². The van der Waals surface area contributed by atoms with Gasteiger partial charge in [0.05, 0.1) is 0 Å². The third kappa shape index (κ3) is 4.02. The number of rotatable bonds is 3. The van der Waals surface area contributed by atoms with Crippen LogP contribution in [-0.2, 0) is 11.3 Å². The number of carbonyl (C=O) groups is 1. The van der Waals surface area contributed by atoms with Crippen LogP contribution >= 0.6 is 12.4 Å². The van der Waals surface area contributed by atoms with Crippen LogP contribution in [0.3, 0.4) is 0 Å². The largest absolute Gasteiger partial charge is 0.350 e. The molecule has 1 aromatic heterocycles. The Morgan fingerprint density at radius 2 is 2.24 bits per heavy atom. The molecule has 1 aromatic rings. The van der Waals surface area contributed by atoms with Crippen molar-refractivity contribution in [3.63, 3.8) is 0 Å². The Morgan fingerprint density at radius 3 is 2.88 bits per heavy atom. The van der Waals surface area contributed by atoms with E-state index in [1.807, 2.05) is 0 Å². The minimum Gasteiger partial charge on any atom is -0.350 e. The summed E-state index contributed by atoms with van der Waals surface area (Å²) in [6.07, 6.45) is 7.77. The number of amides is 1. The van der Waals surface area contributed by atoms with E-state index in [0.717, 1.165) is 19.3 Å². The highest BCUT2D eigenvalue weighted by atomic mass is 35.5. The molecular formula is C11H19ClN4O. The van der Waals surface area contributed by atoms with Gasteiger partial charge < -0.3 is 11.1 Å². The minimum atomic E-state index is -0.00829. The second-order valence-electron chi connectivity index (χ2n) is 4.33. The van der Waals surface area contributed by atoms with Crippen LogP contribution in [0.5, 0.6) is 0 Å². The molecule has 3 N–H and O–H groups in total. The quantitative estimate of drug-likeness (QED) is 0.838. The molecule has 1 fully saturated rings. The molecule has 1 saturated carbocycles. The summed E-state index contributed by atoms with van der Waals surface area (Å²) in [6.45, 7) is 0.274. The summed E-state index contributed by atoms with van der Waals surface area (Å²) < 4.78 is 1.61. The molecule has 0 saturated heterocycles. The smallest absolute Gasteiger partial charge is 0.242 e. The SMILES string of the molecule is Cl.N[C@@H]1CCCC[C@H]1NC(=O)Cn1cccn1. The molecule has 1 aliphatic carbocycles. The fourth-order valence-electron chi connectivity index (χ4n) is 2.13. The van der Waals surface area contributed by atoms with Crippen molar-refractivity contribution in [2.24, 2.45) is 5.73 Å². The summed E-state index contributed by atoms with van der Waals surface area (Å²) in [5, 5.41) is 6.98. The van der Waals surface area contributed by atoms with E-state index in [9.17, 15) is 4.79 Å². The first-order chi connectivity index (χ1) is 7.75. The van der Waals surface area contributed by atoms with Gasteiger partial charge in [0.1, 0.15) is 6.54 Å². The van der Waals surface area contributed by atoms with Crippen LogP contribution in [0.15, 0.2) is 18.5 Å². The van der Waals surface area contributed by atoms with Gasteiger partial charge in [-0.3, -0.25) is 9.48 Å². The monoisotopic (exact) mass is 258 g/mol. The van der Waals surface area contributed by atoms with Crippen molar-refractivity contribution in [3.05, 3.63) is 18.5 Å². The Labute approximate surface area is 107 Å². The number of hydrogen-bond acceptors (Lipinski definition) is 3. The Morgan fingerprint density at radius 1 is 1.47 bits per heavy atom. The summed E-state index contributed by atoms with van der Waals surface area (Å²) >= 11 is 0. The number of halogens is 1. The van der Waals surface area contributed by atoms with E-state index >= 15 is 0 Å². The zero-order chi connectivity index (χ0) is 11.4. The van der Waals surface area contributed by atoms with Gasteiger partial charge in [0.2, 0.25) is 5.91 Å². The maximum absolute atomic E-state index is 11.7. The molecule has 0 spiro atoms. The number of nitrogens with zero attached hydrogens (tertiary/aromatic N) is 2. The Bertz CT molecular complexity index is 341. The summed E-state index contributed by atoms with van der Waals surface area (Å²) in [6, 6.07) is 2.05. The molecule has 2 atom stereocenters. The fraction of sp³-hybridized carbons (Fsp3) is 0.636. The minimum absolute atomic E-state index is 0. The molecule has 0 radical (unpaired) electrons. The normalized spacial score (nSPS) is 23.8. The van der Waals surface area contributed by atoms with Crippen LogP contribution in [0.1, 0.15) is 25.7 Å². The van der Waals surface area contributed by atoms with Crippen molar-refractivity contribution in [1.82, 2.24) is 15.1 Å². The zero-order valence-electron chi connectivity index (χ0n) is 9.71. The summed E-state index contributed by atoms with van der Waals surface area (Å²) in [5.41, 5.74) is 5.96. The molecule has 2 rings (SSSR count). The van der Waals surface area contributed by atoms with E-state index in [1.165, 1.54) is 6.42 Å². The van der Waals surface area contributed by atoms with Gasteiger partial charge in [0.25, 0.3) is 0 Å². The van der Waals surface area contributed by atoms with Gasteiger partial charge in [-0.15, -0.1) is 12.4 Å². The van der Waals surface area contributed by atoms with E-state index in [4.69, 9.17) is 5.73 Å². The molecule has 6 heteroatoms. The average molecular weight is 259 g/mol. The number of aromatic nitrogens is 2. The van der Waals surface area contributed by atoms with Crippen LogP contribution < -0.4 is 11.1 Å². The van der Waals surface area contributed by atoms with Crippen molar-refractivity contribution >= 4 is 18.3 Å². The maximum Gasteiger partial charge on any atom is 0.242 e. The van der Waals surface area contributed by atoms with E-state index in [-0.39, 0.29) is 36.9 Å². The van der Waals surface area contributed by atoms with Gasteiger partial charge >= 0.3 is 0 Å². The molecule has 0 unspecified atom stereocenters. The molecule has 96 valence electrons. The lowest BCUT2D eigenvalue weighted by Gasteiger charge is -2.29. The summed E-state index contributed by atoms with van der Waals surface area (Å²) in [5.74, 6) is -0.00829. The summed E-state index contributed by atoms with van der Waals surface area (Å²) in [7, 11) is 0. The average Bonchev–Trinajstić information content (AvgIpc) is 2.74. The molecule has 0 aliphatic heterocycles. The molecule has 1 aliphatic rings. The second-order valence-corrected chi connectivity index (χ2v) is 4.33. The van der Waals surface area contributed by atoms with Crippen LogP contribution in [0, 0.1) is 0 Å². The van der Waals surface area contributed by atoms with E-state index in [0.29, 0.717) is 0 Å². The number of nitrogens with two attached hydrogens (primary N) is 1. The number of nitrogens with one attached hydrogen (secondary N) is 1. The Balaban J connectivity index is 0.00000144. The Kier molecular flexibility index (Phi) is 5.44. The van der Waals surface area contributed by atoms with E-state index in [2.05, 4.69) is 10.4 Å². The maximum atomic E-state index is 11.7. The number of hydrogen-bond donors (Lipinski definition) is 2. The second kappa shape index (κ2) is 6.61. The predicted molar refractivity (Wildman–Crippen MR) is 67.8 cm³/mol. The lowest BCUT2D eigenvalue weighted by Crippen LogP contribution is -2.50. The van der Waals surface area contributed by atoms with Crippen LogP contribution in [-0.4, -0.2) is 27.8 Å². The van der Waals surface area contributed by atoms with Gasteiger partial charge in [-0.2, -0.15) is 5.10 Å². The third-order valence-corrected chi connectivity index (χ3v) is 3.03. The van der Waals surface area contributed by atoms with E-state index < -0.39 is 0 Å². The van der Waals surface area contributed by atoms with Crippen molar-refractivity contribution in [1.29, 1.82) is 0 Å². The van der Waals surface area contributed by atoms with Crippen molar-refractivity contribution in [2.45, 2.75) is 44.3 Å². The highest BCUT2D eigenvalue weighted by Crippen LogP contribution is 2.16. The summed E-state index contributed by atoms with van der Waals surface area (Å²) in [4.78, 5) is 11.7. The lowest BCUT2D eigenvalue weighted by molar-refractivity contribution is -0.122. The predicted octanol–water partition coefficient (Wildman–Crippen LogP) is 0.691. The highest BCUT2D eigenvalue weighted by molar-refractivity contribution is 5.85. The van der Waals surface area contributed by atoms with Crippen molar-refractivity contribution < 1.29 is 4.79 Å². The standard InChI is InChI=1S/C11H18N4O.ClH/c12-9-4-1-2-5-10(9)14-11(16)8-15-7-3-6-13-15;/h3,6-7,9-10H,1-2,4-5,8,12H2,(H,14,16);1H/t9-,10-;/m1./s1. The first kappa shape index (κ1) is 14.0. The first-order valence-electron chi connectivity index (χ1n) is 5.78. The van der Waals surface area contributed by atoms with Gasteiger partial charge in [-0.1, -0.05) is 12.8 Å². The van der Waals surface area contributed by atoms with Crippen LogP contribution in [0.2, 0.25) is 0 Å².